The van der Waals surface area contributed by atoms with Crippen molar-refractivity contribution in [2.45, 2.75) is 70.6 Å². The molecule has 0 aliphatic heterocycles. The number of hydrogen-bond acceptors (Lipinski definition) is 0. The van der Waals surface area contributed by atoms with E-state index in [0.717, 1.165) is 24.2 Å². The van der Waals surface area contributed by atoms with Gasteiger partial charge in [-0.25, -0.2) is 0 Å². The van der Waals surface area contributed by atoms with Crippen LogP contribution in [-0.2, 0) is 0 Å². The molecule has 0 bridgehead atoms. The monoisotopic (exact) mass is 408 g/mol. The van der Waals surface area contributed by atoms with Gasteiger partial charge in [0.05, 0.1) is 0 Å². The minimum Gasteiger partial charge on any atom is -1.00 e. The van der Waals surface area contributed by atoms with Crippen LogP contribution in [-0.4, -0.2) is 23.1 Å². The van der Waals surface area contributed by atoms with Crippen LogP contribution in [0.25, 0.3) is 0 Å². The van der Waals surface area contributed by atoms with Gasteiger partial charge in [-0.15, -0.1) is 0 Å². The maximum absolute atomic E-state index is 3.99. The molecule has 2 fully saturated rings. The molecule has 0 heterocycles. The van der Waals surface area contributed by atoms with Crippen molar-refractivity contribution in [3.63, 3.8) is 0 Å². The second-order valence-electron chi connectivity index (χ2n) is 6.07. The molecule has 2 rings (SSSR count). The Morgan fingerprint density at radius 3 is 1.84 bits per heavy atom. The fourth-order valence-electron chi connectivity index (χ4n) is 3.75. The first-order valence-electron chi connectivity index (χ1n) is 7.49. The maximum Gasteiger partial charge on any atom is 2.00 e. The smallest absolute Gasteiger partial charge is 1.00 e. The normalized spacial score (nSPS) is 27.6. The fourth-order valence-corrected chi connectivity index (χ4v) is 3.75. The summed E-state index contributed by atoms with van der Waals surface area (Å²) in [6.07, 6.45) is 18.3. The van der Waals surface area contributed by atoms with E-state index in [1.54, 1.807) is 6.42 Å². The Labute approximate surface area is 196 Å². The fraction of sp³-hybridized carbons (Fsp3) is 0.875. The average Bonchev–Trinajstić information content (AvgIpc) is 2.33. The third kappa shape index (κ3) is 9.71. The van der Waals surface area contributed by atoms with Crippen LogP contribution in [0.4, 0.5) is 0 Å². The topological polar surface area (TPSA) is 0 Å². The Hall–Kier alpha value is 3.05. The van der Waals surface area contributed by atoms with Crippen LogP contribution in [0.15, 0.2) is 0 Å². The summed E-state index contributed by atoms with van der Waals surface area (Å²) in [7, 11) is 0. The molecule has 0 atom stereocenters. The van der Waals surface area contributed by atoms with Crippen LogP contribution in [0.5, 0.6) is 0 Å². The van der Waals surface area contributed by atoms with Crippen LogP contribution >= 0.6 is 0 Å². The first kappa shape index (κ1) is 24.3. The Kier molecular flexibility index (Phi) is 18.7. The standard InChI is InChI=1S/C16H28.BrH.Mg.Rb/c1-2-6-14-9-11-16(12-10-14)13-15-7-4-3-5-8-15;;;/h3,14-16H,1-2,4-13H2;1H;;/q-2;;+2;+1/p-1. The van der Waals surface area contributed by atoms with E-state index in [4.69, 9.17) is 0 Å². The van der Waals surface area contributed by atoms with Crippen LogP contribution < -0.4 is 75.2 Å². The summed E-state index contributed by atoms with van der Waals surface area (Å²) >= 11 is 0. The zero-order valence-corrected chi connectivity index (χ0v) is 20.8. The van der Waals surface area contributed by atoms with Gasteiger partial charge < -0.3 is 30.3 Å². The van der Waals surface area contributed by atoms with Gasteiger partial charge in [0.1, 0.15) is 0 Å². The molecule has 0 N–H and O–H groups in total. The molecule has 0 spiro atoms. The predicted octanol–water partition coefficient (Wildman–Crippen LogP) is -1.18. The van der Waals surface area contributed by atoms with Crippen molar-refractivity contribution in [3.8, 4) is 0 Å². The van der Waals surface area contributed by atoms with Gasteiger partial charge in [-0.05, 0) is 24.2 Å². The quantitative estimate of drug-likeness (QED) is 0.405. The third-order valence-electron chi connectivity index (χ3n) is 4.80. The van der Waals surface area contributed by atoms with Crippen LogP contribution in [0.3, 0.4) is 0 Å². The van der Waals surface area contributed by atoms with Crippen molar-refractivity contribution < 1.29 is 75.2 Å². The van der Waals surface area contributed by atoms with Crippen LogP contribution in [0, 0.1) is 31.1 Å². The first-order valence-corrected chi connectivity index (χ1v) is 7.49. The molecule has 2 aliphatic carbocycles. The molecule has 0 nitrogen and oxygen atoms in total. The molecule has 2 saturated carbocycles. The van der Waals surface area contributed by atoms with Gasteiger partial charge in [0.25, 0.3) is 0 Å². The summed E-state index contributed by atoms with van der Waals surface area (Å²) in [4.78, 5) is 0. The van der Waals surface area contributed by atoms with Gasteiger partial charge in [0, 0.05) is 0 Å². The van der Waals surface area contributed by atoms with Crippen molar-refractivity contribution in [1.29, 1.82) is 0 Å². The van der Waals surface area contributed by atoms with Gasteiger partial charge in [0.15, 0.2) is 0 Å². The average molecular weight is 410 g/mol. The van der Waals surface area contributed by atoms with E-state index in [1.807, 2.05) is 0 Å². The van der Waals surface area contributed by atoms with E-state index < -0.39 is 0 Å². The second-order valence-corrected chi connectivity index (χ2v) is 6.07. The maximum atomic E-state index is 3.99. The van der Waals surface area contributed by atoms with E-state index in [9.17, 15) is 0 Å². The molecule has 3 heteroatoms. The molecule has 0 amide bonds. The Balaban J connectivity index is 0. The van der Waals surface area contributed by atoms with Crippen molar-refractivity contribution >= 4 is 23.1 Å². The Morgan fingerprint density at radius 2 is 1.32 bits per heavy atom. The molecule has 0 aromatic heterocycles. The Morgan fingerprint density at radius 1 is 0.842 bits per heavy atom. The summed E-state index contributed by atoms with van der Waals surface area (Å²) in [5, 5.41) is 0. The Bertz CT molecular complexity index is 187. The largest absolute Gasteiger partial charge is 2.00 e. The molecule has 0 saturated heterocycles. The van der Waals surface area contributed by atoms with E-state index in [-0.39, 0.29) is 98.2 Å². The zero-order chi connectivity index (χ0) is 11.2. The summed E-state index contributed by atoms with van der Waals surface area (Å²) in [5.74, 6) is 3.16. The minimum atomic E-state index is 0. The second kappa shape index (κ2) is 14.6. The number of halogens is 1. The summed E-state index contributed by atoms with van der Waals surface area (Å²) in [5.41, 5.74) is 0. The molecule has 2 aliphatic rings. The van der Waals surface area contributed by atoms with Crippen LogP contribution in [0.1, 0.15) is 70.6 Å². The molecule has 19 heavy (non-hydrogen) atoms. The SMILES string of the molecule is [Br-].[CH2-]CCC1CCC(CC2CC[CH-]CC2)CC1.[Mg+2].[Rb+]. The molecule has 0 aromatic carbocycles. The number of hydrogen-bond donors (Lipinski definition) is 0. The van der Waals surface area contributed by atoms with Gasteiger partial charge in [-0.2, -0.15) is 19.3 Å². The first-order chi connectivity index (χ1) is 7.88. The zero-order valence-electron chi connectivity index (χ0n) is 12.9. The summed E-state index contributed by atoms with van der Waals surface area (Å²) in [6.45, 7) is 3.99. The molecule has 0 unspecified atom stereocenters. The van der Waals surface area contributed by atoms with E-state index >= 15 is 0 Å². The van der Waals surface area contributed by atoms with Gasteiger partial charge in [-0.3, -0.25) is 0 Å². The van der Waals surface area contributed by atoms with Crippen molar-refractivity contribution in [1.82, 2.24) is 0 Å². The minimum absolute atomic E-state index is 0. The molecule has 0 radical (unpaired) electrons. The van der Waals surface area contributed by atoms with E-state index in [2.05, 4.69) is 13.3 Å². The predicted molar refractivity (Wildman–Crippen MR) is 76.7 cm³/mol. The van der Waals surface area contributed by atoms with Gasteiger partial charge in [-0.1, -0.05) is 44.9 Å². The summed E-state index contributed by atoms with van der Waals surface area (Å²) in [6, 6.07) is 0. The van der Waals surface area contributed by atoms with Crippen LogP contribution in [0.2, 0.25) is 0 Å². The molecule has 102 valence electrons. The molecular weight excluding hydrogens is 382 g/mol. The van der Waals surface area contributed by atoms with E-state index in [0.29, 0.717) is 0 Å². The van der Waals surface area contributed by atoms with E-state index in [1.165, 1.54) is 57.8 Å². The van der Waals surface area contributed by atoms with Crippen molar-refractivity contribution in [2.24, 2.45) is 17.8 Å². The number of rotatable bonds is 4. The van der Waals surface area contributed by atoms with Crippen molar-refractivity contribution in [3.05, 3.63) is 13.3 Å². The molecule has 0 aromatic rings. The van der Waals surface area contributed by atoms with Gasteiger partial charge in [0.2, 0.25) is 0 Å². The van der Waals surface area contributed by atoms with Gasteiger partial charge >= 0.3 is 81.2 Å². The summed E-state index contributed by atoms with van der Waals surface area (Å²) < 4.78 is 0. The third-order valence-corrected chi connectivity index (χ3v) is 4.80. The molecular formula is C16H28BrMgRb. The van der Waals surface area contributed by atoms with Crippen molar-refractivity contribution in [2.75, 3.05) is 0 Å².